The summed E-state index contributed by atoms with van der Waals surface area (Å²) in [6.45, 7) is 6.88. The molecule has 2 amide bonds. The van der Waals surface area contributed by atoms with Crippen molar-refractivity contribution in [3.8, 4) is 0 Å². The lowest BCUT2D eigenvalue weighted by Crippen LogP contribution is -2.59. The Balaban J connectivity index is 1.73. The summed E-state index contributed by atoms with van der Waals surface area (Å²) in [6.07, 6.45) is 1.35. The van der Waals surface area contributed by atoms with Crippen LogP contribution in [0.15, 0.2) is 29.3 Å². The molecule has 0 spiro atoms. The van der Waals surface area contributed by atoms with Crippen LogP contribution in [0.4, 0.5) is 8.78 Å². The van der Waals surface area contributed by atoms with Crippen LogP contribution in [-0.4, -0.2) is 37.2 Å². The Morgan fingerprint density at radius 1 is 1.37 bits per heavy atom. The summed E-state index contributed by atoms with van der Waals surface area (Å²) in [5.41, 5.74) is 1.44. The van der Waals surface area contributed by atoms with Gasteiger partial charge in [0.1, 0.15) is 17.9 Å². The van der Waals surface area contributed by atoms with Crippen LogP contribution in [0.5, 0.6) is 0 Å². The minimum Gasteiger partial charge on any atom is -0.363 e. The molecule has 0 bridgehead atoms. The fraction of sp³-hybridized carbons (Fsp3) is 0.545. The largest absolute Gasteiger partial charge is 0.363 e. The molecule has 1 fully saturated rings. The van der Waals surface area contributed by atoms with E-state index in [2.05, 4.69) is 16.0 Å². The predicted octanol–water partition coefficient (Wildman–Crippen LogP) is 2.71. The molecular formula is C22H29F2N3O3. The van der Waals surface area contributed by atoms with Gasteiger partial charge in [-0.3, -0.25) is 14.9 Å². The number of halogens is 2. The summed E-state index contributed by atoms with van der Waals surface area (Å²) >= 11 is 0. The third-order valence-corrected chi connectivity index (χ3v) is 5.77. The quantitative estimate of drug-likeness (QED) is 0.633. The minimum atomic E-state index is -0.722. The molecule has 164 valence electrons. The summed E-state index contributed by atoms with van der Waals surface area (Å²) in [5.74, 6) is -2.09. The van der Waals surface area contributed by atoms with Crippen LogP contribution in [0.25, 0.3) is 0 Å². The van der Waals surface area contributed by atoms with Gasteiger partial charge in [-0.15, -0.1) is 0 Å². The van der Waals surface area contributed by atoms with E-state index in [1.165, 1.54) is 6.07 Å². The average Bonchev–Trinajstić information content (AvgIpc) is 2.69. The topological polar surface area (TPSA) is 79.5 Å². The lowest BCUT2D eigenvalue weighted by atomic mass is 9.79. The van der Waals surface area contributed by atoms with Gasteiger partial charge in [-0.25, -0.2) is 8.78 Å². The summed E-state index contributed by atoms with van der Waals surface area (Å²) in [5, 5.41) is 9.07. The lowest BCUT2D eigenvalue weighted by molar-refractivity contribution is -0.125. The molecule has 2 aliphatic heterocycles. The molecule has 8 heteroatoms. The molecule has 30 heavy (non-hydrogen) atoms. The Labute approximate surface area is 175 Å². The van der Waals surface area contributed by atoms with Crippen molar-refractivity contribution in [2.24, 2.45) is 5.92 Å². The Bertz CT molecular complexity index is 843. The van der Waals surface area contributed by atoms with Crippen LogP contribution >= 0.6 is 0 Å². The first-order valence-corrected chi connectivity index (χ1v) is 10.4. The van der Waals surface area contributed by atoms with Gasteiger partial charge >= 0.3 is 0 Å². The highest BCUT2D eigenvalue weighted by Crippen LogP contribution is 2.33. The van der Waals surface area contributed by atoms with E-state index in [-0.39, 0.29) is 36.1 Å². The van der Waals surface area contributed by atoms with Crippen LogP contribution in [0.2, 0.25) is 0 Å². The van der Waals surface area contributed by atoms with Crippen LogP contribution in [0.3, 0.4) is 0 Å². The van der Waals surface area contributed by atoms with Crippen molar-refractivity contribution >= 4 is 11.8 Å². The second-order valence-electron chi connectivity index (χ2n) is 7.93. The number of benzene rings is 1. The number of carbonyl (C=O) groups is 2. The van der Waals surface area contributed by atoms with Crippen molar-refractivity contribution in [1.29, 1.82) is 0 Å². The monoisotopic (exact) mass is 421 g/mol. The van der Waals surface area contributed by atoms with Gasteiger partial charge in [0.15, 0.2) is 0 Å². The fourth-order valence-corrected chi connectivity index (χ4v) is 4.24. The normalized spacial score (nSPS) is 24.8. The number of hydrogen-bond acceptors (Lipinski definition) is 4. The zero-order valence-electron chi connectivity index (χ0n) is 17.6. The van der Waals surface area contributed by atoms with Crippen LogP contribution in [-0.2, 0) is 14.3 Å². The first-order valence-electron chi connectivity index (χ1n) is 10.4. The van der Waals surface area contributed by atoms with Gasteiger partial charge in [-0.1, -0.05) is 18.6 Å². The molecule has 1 aromatic rings. The molecule has 3 unspecified atom stereocenters. The molecule has 0 aromatic heterocycles. The summed E-state index contributed by atoms with van der Waals surface area (Å²) in [4.78, 5) is 25.3. The van der Waals surface area contributed by atoms with Crippen molar-refractivity contribution in [2.75, 3.05) is 13.2 Å². The van der Waals surface area contributed by atoms with Gasteiger partial charge in [0, 0.05) is 35.8 Å². The van der Waals surface area contributed by atoms with Crippen molar-refractivity contribution in [3.63, 3.8) is 0 Å². The van der Waals surface area contributed by atoms with Gasteiger partial charge in [-0.2, -0.15) is 0 Å². The van der Waals surface area contributed by atoms with E-state index >= 15 is 0 Å². The number of rotatable bonds is 7. The highest BCUT2D eigenvalue weighted by Gasteiger charge is 2.41. The maximum Gasteiger partial charge on any atom is 0.247 e. The zero-order valence-corrected chi connectivity index (χ0v) is 17.6. The number of nitrogens with one attached hydrogen (secondary N) is 3. The first kappa shape index (κ1) is 22.4. The van der Waals surface area contributed by atoms with E-state index in [1.807, 2.05) is 13.8 Å². The molecule has 2 heterocycles. The second kappa shape index (κ2) is 9.66. The molecular weight excluding hydrogens is 392 g/mol. The maximum absolute atomic E-state index is 14.0. The Morgan fingerprint density at radius 2 is 2.13 bits per heavy atom. The summed E-state index contributed by atoms with van der Waals surface area (Å²) in [6, 6.07) is 2.55. The average molecular weight is 421 g/mol. The van der Waals surface area contributed by atoms with Crippen LogP contribution < -0.4 is 16.0 Å². The van der Waals surface area contributed by atoms with Crippen LogP contribution in [0, 0.1) is 17.6 Å². The minimum absolute atomic E-state index is 0.0281. The molecule has 1 aromatic carbocycles. The van der Waals surface area contributed by atoms with Gasteiger partial charge < -0.3 is 15.4 Å². The highest BCUT2D eigenvalue weighted by atomic mass is 19.1. The van der Waals surface area contributed by atoms with Gasteiger partial charge in [-0.05, 0) is 39.3 Å². The van der Waals surface area contributed by atoms with Gasteiger partial charge in [0.25, 0.3) is 0 Å². The number of fused-ring (bicyclic) bond motifs is 1. The fourth-order valence-electron chi connectivity index (χ4n) is 4.24. The Hall–Kier alpha value is -2.32. The maximum atomic E-state index is 14.0. The van der Waals surface area contributed by atoms with Crippen molar-refractivity contribution in [1.82, 2.24) is 16.0 Å². The van der Waals surface area contributed by atoms with Crippen molar-refractivity contribution in [2.45, 2.75) is 58.3 Å². The van der Waals surface area contributed by atoms with E-state index < -0.39 is 23.6 Å². The smallest absolute Gasteiger partial charge is 0.247 e. The molecule has 0 aliphatic carbocycles. The second-order valence-corrected chi connectivity index (χ2v) is 7.93. The van der Waals surface area contributed by atoms with E-state index in [0.717, 1.165) is 37.1 Å². The van der Waals surface area contributed by atoms with Crippen molar-refractivity contribution in [3.05, 3.63) is 46.5 Å². The highest BCUT2D eigenvalue weighted by molar-refractivity contribution is 6.00. The molecule has 2 aliphatic rings. The first-order chi connectivity index (χ1) is 14.3. The standard InChI is InChI=1S/C22H29F2N3O3/c1-4-9-30-22-20-12(2)16(21(29)27-18(20)7-8-25-22)11-19(28)26-13(3)15-6-5-14(23)10-17(15)24/h5-6,10,13,18,20,22,25H,4,7-9,11H2,1-3H3,(H,26,28)(H,27,29)/t13-,18?,20?,22?/m0/s1. The number of hydrogen-bond donors (Lipinski definition) is 3. The molecule has 4 atom stereocenters. The number of ether oxygens (including phenoxy) is 1. The van der Waals surface area contributed by atoms with E-state index in [4.69, 9.17) is 4.74 Å². The number of carbonyl (C=O) groups excluding carboxylic acids is 2. The third-order valence-electron chi connectivity index (χ3n) is 5.77. The van der Waals surface area contributed by atoms with Gasteiger partial charge in [0.05, 0.1) is 12.5 Å². The Morgan fingerprint density at radius 3 is 2.83 bits per heavy atom. The predicted molar refractivity (Wildman–Crippen MR) is 108 cm³/mol. The molecule has 0 saturated carbocycles. The molecule has 3 rings (SSSR count). The van der Waals surface area contributed by atoms with Crippen LogP contribution in [0.1, 0.15) is 51.6 Å². The summed E-state index contributed by atoms with van der Waals surface area (Å²) in [7, 11) is 0. The molecule has 0 radical (unpaired) electrons. The SMILES string of the molecule is CCCOC1NCCC2NC(=O)C(CC(=O)N[C@@H](C)c3ccc(F)cc3F)=C(C)C21. The van der Waals surface area contributed by atoms with Gasteiger partial charge in [0.2, 0.25) is 11.8 Å². The Kier molecular flexibility index (Phi) is 7.20. The summed E-state index contributed by atoms with van der Waals surface area (Å²) < 4.78 is 33.0. The van der Waals surface area contributed by atoms with Crippen molar-refractivity contribution < 1.29 is 23.1 Å². The molecule has 3 N–H and O–H groups in total. The van der Waals surface area contributed by atoms with E-state index in [0.29, 0.717) is 12.2 Å². The number of piperidine rings is 1. The lowest BCUT2D eigenvalue weighted by Gasteiger charge is -2.43. The molecule has 6 nitrogen and oxygen atoms in total. The number of amides is 2. The zero-order chi connectivity index (χ0) is 21.8. The van der Waals surface area contributed by atoms with E-state index in [1.54, 1.807) is 6.92 Å². The third kappa shape index (κ3) is 4.87. The van der Waals surface area contributed by atoms with E-state index in [9.17, 15) is 18.4 Å². The molecule has 1 saturated heterocycles.